The Morgan fingerprint density at radius 3 is 1.93 bits per heavy atom. The molecule has 0 atom stereocenters. The van der Waals surface area contributed by atoms with E-state index < -0.39 is 16.5 Å². The highest BCUT2D eigenvalue weighted by Gasteiger charge is 2.52. The molecule has 0 heterocycles. The Morgan fingerprint density at radius 2 is 1.71 bits per heavy atom. The molecule has 0 aliphatic carbocycles. The molecule has 5 nitrogen and oxygen atoms in total. The summed E-state index contributed by atoms with van der Waals surface area (Å²) in [6, 6.07) is 0. The second-order valence-electron chi connectivity index (χ2n) is 2.24. The zero-order valence-corrected chi connectivity index (χ0v) is 11.9. The maximum Gasteiger partial charge on any atom is 0.367 e. The molecule has 0 fully saturated rings. The van der Waals surface area contributed by atoms with Crippen LogP contribution in [0, 0.1) is 0 Å². The Balaban J connectivity index is 4.99. The third kappa shape index (κ3) is 3.03. The number of halogens is 2. The van der Waals surface area contributed by atoms with E-state index in [0.717, 1.165) is 0 Å². The van der Waals surface area contributed by atoms with Gasteiger partial charge in [0.2, 0.25) is 0 Å². The minimum Gasteiger partial charge on any atom is -0.367 e. The van der Waals surface area contributed by atoms with Crippen molar-refractivity contribution in [2.75, 3.05) is 13.2 Å². The van der Waals surface area contributed by atoms with Crippen LogP contribution in [0.25, 0.3) is 0 Å². The van der Waals surface area contributed by atoms with Crippen molar-refractivity contribution >= 4 is 45.4 Å². The highest BCUT2D eigenvalue weighted by atomic mass is 79.9. The van der Waals surface area contributed by atoms with Gasteiger partial charge in [0.05, 0.1) is 13.2 Å². The largest absolute Gasteiger partial charge is 0.367 e. The standard InChI is InChI=1S/C6H12Br2NO4P/c1-3-12-14(11,13-4-2)6(7,8)5(9)10/h3-4H2,1-2H3,(H2,9,10). The first-order valence-corrected chi connectivity index (χ1v) is 7.01. The number of carbonyl (C=O) groups excluding carboxylic acids is 1. The summed E-state index contributed by atoms with van der Waals surface area (Å²) in [5, 5.41) is 0. The number of alkyl halides is 2. The van der Waals surface area contributed by atoms with Gasteiger partial charge in [0.25, 0.3) is 8.88 Å². The highest BCUT2D eigenvalue weighted by molar-refractivity contribution is 9.27. The van der Waals surface area contributed by atoms with E-state index in [4.69, 9.17) is 14.8 Å². The van der Waals surface area contributed by atoms with Gasteiger partial charge >= 0.3 is 7.60 Å². The molecule has 0 aliphatic heterocycles. The van der Waals surface area contributed by atoms with E-state index in [0.29, 0.717) is 0 Å². The number of hydrogen-bond acceptors (Lipinski definition) is 4. The average molecular weight is 353 g/mol. The fourth-order valence-corrected chi connectivity index (χ4v) is 3.25. The molecule has 0 radical (unpaired) electrons. The number of primary amides is 1. The van der Waals surface area contributed by atoms with E-state index >= 15 is 0 Å². The number of nitrogens with two attached hydrogens (primary N) is 1. The number of hydrogen-bond donors (Lipinski definition) is 1. The van der Waals surface area contributed by atoms with Gasteiger partial charge in [-0.3, -0.25) is 9.36 Å². The van der Waals surface area contributed by atoms with Crippen molar-refractivity contribution in [3.8, 4) is 0 Å². The van der Waals surface area contributed by atoms with Crippen molar-refractivity contribution in [3.05, 3.63) is 0 Å². The summed E-state index contributed by atoms with van der Waals surface area (Å²) in [5.41, 5.74) is 5.05. The fourth-order valence-electron chi connectivity index (χ4n) is 0.674. The number of rotatable bonds is 6. The van der Waals surface area contributed by atoms with Gasteiger partial charge in [-0.15, -0.1) is 0 Å². The van der Waals surface area contributed by atoms with Crippen molar-refractivity contribution in [2.24, 2.45) is 5.73 Å². The number of amides is 1. The first-order chi connectivity index (χ1) is 6.31. The quantitative estimate of drug-likeness (QED) is 0.587. The molecule has 0 spiro atoms. The highest BCUT2D eigenvalue weighted by Crippen LogP contribution is 2.66. The molecule has 0 bridgehead atoms. The Kier molecular flexibility index (Phi) is 5.84. The van der Waals surface area contributed by atoms with Crippen molar-refractivity contribution in [1.29, 1.82) is 0 Å². The molecule has 0 aliphatic rings. The Labute approximate surface area is 99.5 Å². The van der Waals surface area contributed by atoms with Crippen LogP contribution in [0.3, 0.4) is 0 Å². The Hall–Kier alpha value is 0.580. The van der Waals surface area contributed by atoms with Crippen molar-refractivity contribution in [3.63, 3.8) is 0 Å². The predicted molar refractivity (Wildman–Crippen MR) is 60.6 cm³/mol. The summed E-state index contributed by atoms with van der Waals surface area (Å²) in [6.45, 7) is 3.60. The minimum absolute atomic E-state index is 0.156. The topological polar surface area (TPSA) is 78.6 Å². The molecule has 0 saturated carbocycles. The van der Waals surface area contributed by atoms with Crippen LogP contribution in [0.2, 0.25) is 0 Å². The lowest BCUT2D eigenvalue weighted by molar-refractivity contribution is -0.116. The zero-order chi connectivity index (χ0) is 11.4. The lowest BCUT2D eigenvalue weighted by Crippen LogP contribution is -2.33. The molecule has 0 aromatic carbocycles. The maximum atomic E-state index is 12.0. The van der Waals surface area contributed by atoms with Gasteiger partial charge in [0.15, 0.2) is 0 Å². The fraction of sp³-hybridized carbons (Fsp3) is 0.833. The van der Waals surface area contributed by atoms with E-state index in [-0.39, 0.29) is 13.2 Å². The van der Waals surface area contributed by atoms with E-state index in [1.807, 2.05) is 0 Å². The van der Waals surface area contributed by atoms with Gasteiger partial charge in [0.1, 0.15) is 0 Å². The van der Waals surface area contributed by atoms with Crippen molar-refractivity contribution in [1.82, 2.24) is 0 Å². The lowest BCUT2D eigenvalue weighted by Gasteiger charge is -2.26. The Bertz CT molecular complexity index is 248. The van der Waals surface area contributed by atoms with E-state index in [1.54, 1.807) is 13.8 Å². The van der Waals surface area contributed by atoms with Crippen LogP contribution in [0.4, 0.5) is 0 Å². The molecule has 0 unspecified atom stereocenters. The van der Waals surface area contributed by atoms with Crippen LogP contribution in [-0.2, 0) is 18.4 Å². The summed E-state index contributed by atoms with van der Waals surface area (Å²) in [6.07, 6.45) is 0. The monoisotopic (exact) mass is 351 g/mol. The van der Waals surface area contributed by atoms with Crippen molar-refractivity contribution < 1.29 is 18.4 Å². The van der Waals surface area contributed by atoms with Crippen molar-refractivity contribution in [2.45, 2.75) is 16.8 Å². The first-order valence-electron chi connectivity index (χ1n) is 3.88. The molecular formula is C6H12Br2NO4P. The third-order valence-corrected chi connectivity index (χ3v) is 6.73. The van der Waals surface area contributed by atoms with Crippen LogP contribution in [0.5, 0.6) is 0 Å². The molecule has 84 valence electrons. The van der Waals surface area contributed by atoms with E-state index in [1.165, 1.54) is 0 Å². The Morgan fingerprint density at radius 1 is 1.36 bits per heavy atom. The van der Waals surface area contributed by atoms with Gasteiger partial charge in [-0.2, -0.15) is 0 Å². The minimum atomic E-state index is -3.62. The molecule has 14 heavy (non-hydrogen) atoms. The average Bonchev–Trinajstić information content (AvgIpc) is 2.04. The summed E-state index contributed by atoms with van der Waals surface area (Å²) >= 11 is 5.80. The summed E-state index contributed by atoms with van der Waals surface area (Å²) < 4.78 is 20.2. The molecular weight excluding hydrogens is 341 g/mol. The molecule has 2 N–H and O–H groups in total. The maximum absolute atomic E-state index is 12.0. The van der Waals surface area contributed by atoms with Gasteiger partial charge in [-0.25, -0.2) is 0 Å². The molecule has 0 aromatic rings. The predicted octanol–water partition coefficient (Wildman–Crippen LogP) is 2.18. The summed E-state index contributed by atoms with van der Waals surface area (Å²) in [4.78, 5) is 11.0. The van der Waals surface area contributed by atoms with Gasteiger partial charge < -0.3 is 14.8 Å². The van der Waals surface area contributed by atoms with Crippen LogP contribution in [-0.4, -0.2) is 22.1 Å². The van der Waals surface area contributed by atoms with Crippen LogP contribution in [0.1, 0.15) is 13.8 Å². The SMILES string of the molecule is CCOP(=O)(OCC)C(Br)(Br)C(N)=O. The van der Waals surface area contributed by atoms with E-state index in [9.17, 15) is 9.36 Å². The third-order valence-electron chi connectivity index (χ3n) is 1.24. The summed E-state index contributed by atoms with van der Waals surface area (Å²) in [5.74, 6) is -0.859. The van der Waals surface area contributed by atoms with Gasteiger partial charge in [-0.05, 0) is 45.7 Å². The molecule has 0 rings (SSSR count). The molecule has 0 saturated heterocycles. The molecule has 0 aromatic heterocycles. The van der Waals surface area contributed by atoms with Crippen LogP contribution >= 0.6 is 39.5 Å². The van der Waals surface area contributed by atoms with E-state index in [2.05, 4.69) is 31.9 Å². The summed E-state index contributed by atoms with van der Waals surface area (Å²) in [7, 11) is -3.62. The van der Waals surface area contributed by atoms with Crippen LogP contribution in [0.15, 0.2) is 0 Å². The normalized spacial score (nSPS) is 12.9. The first kappa shape index (κ1) is 14.6. The number of carbonyl (C=O) groups is 1. The second kappa shape index (κ2) is 5.61. The molecule has 1 amide bonds. The van der Waals surface area contributed by atoms with Crippen LogP contribution < -0.4 is 5.73 Å². The smallest absolute Gasteiger partial charge is 0.367 e. The lowest BCUT2D eigenvalue weighted by atomic mass is 10.8. The molecule has 8 heteroatoms. The second-order valence-corrected chi connectivity index (χ2v) is 9.09. The van der Waals surface area contributed by atoms with Gasteiger partial charge in [0, 0.05) is 0 Å². The zero-order valence-electron chi connectivity index (χ0n) is 7.83. The van der Waals surface area contributed by atoms with Gasteiger partial charge in [-0.1, -0.05) is 0 Å².